The zero-order valence-electron chi connectivity index (χ0n) is 21.1. The first-order chi connectivity index (χ1) is 17.7. The molecule has 0 unspecified atom stereocenters. The highest BCUT2D eigenvalue weighted by Gasteiger charge is 2.30. The summed E-state index contributed by atoms with van der Waals surface area (Å²) in [5, 5.41) is 2.90. The van der Waals surface area contributed by atoms with Crippen LogP contribution < -0.4 is 5.32 Å². The van der Waals surface area contributed by atoms with Crippen molar-refractivity contribution >= 4 is 44.2 Å². The minimum absolute atomic E-state index is 0.115. The second-order valence-electron chi connectivity index (χ2n) is 9.24. The van der Waals surface area contributed by atoms with Crippen molar-refractivity contribution in [1.29, 1.82) is 0 Å². The molecule has 200 valence electrons. The van der Waals surface area contributed by atoms with Crippen molar-refractivity contribution in [3.63, 3.8) is 0 Å². The van der Waals surface area contributed by atoms with E-state index in [1.807, 2.05) is 0 Å². The number of sulfonamides is 1. The molecular weight excluding hydrogens is 516 g/mol. The molecule has 2 aliphatic rings. The van der Waals surface area contributed by atoms with Crippen LogP contribution in [0.5, 0.6) is 0 Å². The van der Waals surface area contributed by atoms with Gasteiger partial charge in [-0.3, -0.25) is 4.79 Å². The van der Waals surface area contributed by atoms with Gasteiger partial charge in [0.2, 0.25) is 10.0 Å². The number of ether oxygens (including phenoxy) is 2. The SMILES string of the molecule is CCOC(=O)c1c(NC(=O)c2ccc(S(=O)(=O)N3CCCC3)cc2)sc(C(=O)OC2CCCCC2)c1C. The van der Waals surface area contributed by atoms with Crippen LogP contribution in [-0.4, -0.2) is 56.4 Å². The molecule has 4 rings (SSSR count). The van der Waals surface area contributed by atoms with E-state index in [0.29, 0.717) is 18.7 Å². The molecule has 0 radical (unpaired) electrons. The normalized spacial score (nSPS) is 16.9. The molecule has 2 aromatic rings. The van der Waals surface area contributed by atoms with Gasteiger partial charge in [-0.25, -0.2) is 18.0 Å². The molecule has 0 bridgehead atoms. The molecule has 1 saturated heterocycles. The number of anilines is 1. The Morgan fingerprint density at radius 3 is 2.27 bits per heavy atom. The third kappa shape index (κ3) is 6.05. The van der Waals surface area contributed by atoms with Crippen LogP contribution in [0.15, 0.2) is 29.2 Å². The predicted molar refractivity (Wildman–Crippen MR) is 140 cm³/mol. The molecule has 37 heavy (non-hydrogen) atoms. The number of hydrogen-bond donors (Lipinski definition) is 1. The highest BCUT2D eigenvalue weighted by Crippen LogP contribution is 2.35. The molecule has 9 nitrogen and oxygen atoms in total. The van der Waals surface area contributed by atoms with Crippen LogP contribution in [0.2, 0.25) is 0 Å². The monoisotopic (exact) mass is 548 g/mol. The fourth-order valence-electron chi connectivity index (χ4n) is 4.66. The second kappa shape index (κ2) is 11.7. The van der Waals surface area contributed by atoms with E-state index in [0.717, 1.165) is 56.3 Å². The van der Waals surface area contributed by atoms with Crippen LogP contribution >= 0.6 is 11.3 Å². The second-order valence-corrected chi connectivity index (χ2v) is 12.2. The number of carbonyl (C=O) groups is 3. The lowest BCUT2D eigenvalue weighted by atomic mass is 9.98. The zero-order valence-corrected chi connectivity index (χ0v) is 22.7. The van der Waals surface area contributed by atoms with Crippen molar-refractivity contribution < 1.29 is 32.3 Å². The van der Waals surface area contributed by atoms with E-state index < -0.39 is 27.9 Å². The molecule has 0 atom stereocenters. The smallest absolute Gasteiger partial charge is 0.348 e. The largest absolute Gasteiger partial charge is 0.462 e. The molecule has 0 spiro atoms. The minimum Gasteiger partial charge on any atom is -0.462 e. The third-order valence-electron chi connectivity index (χ3n) is 6.68. The van der Waals surface area contributed by atoms with Crippen LogP contribution in [0.3, 0.4) is 0 Å². The van der Waals surface area contributed by atoms with Gasteiger partial charge in [-0.15, -0.1) is 11.3 Å². The number of amides is 1. The summed E-state index contributed by atoms with van der Waals surface area (Å²) in [5.74, 6) is -1.70. The molecule has 2 fully saturated rings. The number of thiophene rings is 1. The number of nitrogens with one attached hydrogen (secondary N) is 1. The number of benzene rings is 1. The Hall–Kier alpha value is -2.76. The number of hydrogen-bond acceptors (Lipinski definition) is 8. The Morgan fingerprint density at radius 1 is 1.00 bits per heavy atom. The van der Waals surface area contributed by atoms with Crippen molar-refractivity contribution in [1.82, 2.24) is 4.31 Å². The molecule has 11 heteroatoms. The van der Waals surface area contributed by atoms with E-state index in [-0.39, 0.29) is 38.6 Å². The van der Waals surface area contributed by atoms with Crippen molar-refractivity contribution in [2.75, 3.05) is 25.0 Å². The first kappa shape index (κ1) is 27.3. The van der Waals surface area contributed by atoms with Crippen molar-refractivity contribution in [3.8, 4) is 0 Å². The molecule has 1 N–H and O–H groups in total. The van der Waals surface area contributed by atoms with Crippen LogP contribution in [0, 0.1) is 6.92 Å². The van der Waals surface area contributed by atoms with Gasteiger partial charge in [0.25, 0.3) is 5.91 Å². The van der Waals surface area contributed by atoms with E-state index in [9.17, 15) is 22.8 Å². The molecule has 1 amide bonds. The Morgan fingerprint density at radius 2 is 1.65 bits per heavy atom. The van der Waals surface area contributed by atoms with Crippen LogP contribution in [0.1, 0.15) is 87.8 Å². The number of esters is 2. The van der Waals surface area contributed by atoms with Gasteiger partial charge < -0.3 is 14.8 Å². The number of rotatable bonds is 8. The standard InChI is InChI=1S/C26H32N2O7S2/c1-3-34-25(30)21-17(2)22(26(31)35-19-9-5-4-6-10-19)36-24(21)27-23(29)18-11-13-20(14-12-18)37(32,33)28-15-7-8-16-28/h11-14,19H,3-10,15-16H2,1-2H3,(H,27,29). The molecule has 1 saturated carbocycles. The molecule has 1 aromatic carbocycles. The highest BCUT2D eigenvalue weighted by atomic mass is 32.2. The van der Waals surface area contributed by atoms with Crippen LogP contribution in [-0.2, 0) is 19.5 Å². The van der Waals surface area contributed by atoms with Gasteiger partial charge in [0.05, 0.1) is 17.1 Å². The minimum atomic E-state index is -3.60. The van der Waals surface area contributed by atoms with E-state index in [1.165, 1.54) is 28.6 Å². The number of nitrogens with zero attached hydrogens (tertiary/aromatic N) is 1. The Balaban J connectivity index is 1.55. The van der Waals surface area contributed by atoms with Crippen molar-refractivity contribution in [2.45, 2.75) is 69.8 Å². The lowest BCUT2D eigenvalue weighted by Crippen LogP contribution is -2.27. The van der Waals surface area contributed by atoms with Crippen LogP contribution in [0.25, 0.3) is 0 Å². The summed E-state index contributed by atoms with van der Waals surface area (Å²) in [6.45, 7) is 4.42. The maximum atomic E-state index is 13.0. The Labute approximate surface area is 221 Å². The van der Waals surface area contributed by atoms with Crippen molar-refractivity contribution in [2.24, 2.45) is 0 Å². The van der Waals surface area contributed by atoms with Gasteiger partial charge in [-0.1, -0.05) is 6.42 Å². The van der Waals surface area contributed by atoms with Gasteiger partial charge >= 0.3 is 11.9 Å². The summed E-state index contributed by atoms with van der Waals surface area (Å²) in [5.41, 5.74) is 0.725. The molecule has 2 heterocycles. The van der Waals surface area contributed by atoms with Crippen LogP contribution in [0.4, 0.5) is 5.00 Å². The average molecular weight is 549 g/mol. The highest BCUT2D eigenvalue weighted by molar-refractivity contribution is 7.89. The van der Waals surface area contributed by atoms with Gasteiger partial charge in [0.1, 0.15) is 16.0 Å². The van der Waals surface area contributed by atoms with E-state index in [1.54, 1.807) is 13.8 Å². The predicted octanol–water partition coefficient (Wildman–Crippen LogP) is 4.76. The Kier molecular flexibility index (Phi) is 8.66. The fourth-order valence-corrected chi connectivity index (χ4v) is 7.25. The number of carbonyl (C=O) groups excluding carboxylic acids is 3. The average Bonchev–Trinajstić information content (AvgIpc) is 3.54. The lowest BCUT2D eigenvalue weighted by Gasteiger charge is -2.21. The third-order valence-corrected chi connectivity index (χ3v) is 9.78. The molecule has 1 aliphatic heterocycles. The summed E-state index contributed by atoms with van der Waals surface area (Å²) in [4.78, 5) is 39.1. The maximum Gasteiger partial charge on any atom is 0.348 e. The Bertz CT molecular complexity index is 1260. The summed E-state index contributed by atoms with van der Waals surface area (Å²) < 4.78 is 37.8. The molecule has 1 aliphatic carbocycles. The molecule has 1 aromatic heterocycles. The quantitative estimate of drug-likeness (QED) is 0.473. The zero-order chi connectivity index (χ0) is 26.6. The van der Waals surface area contributed by atoms with Crippen molar-refractivity contribution in [3.05, 3.63) is 45.8 Å². The lowest BCUT2D eigenvalue weighted by molar-refractivity contribution is 0.0216. The van der Waals surface area contributed by atoms with E-state index in [4.69, 9.17) is 9.47 Å². The fraction of sp³-hybridized carbons (Fsp3) is 0.500. The summed E-state index contributed by atoms with van der Waals surface area (Å²) in [7, 11) is -3.60. The van der Waals surface area contributed by atoms with Gasteiger partial charge in [0.15, 0.2) is 0 Å². The summed E-state index contributed by atoms with van der Waals surface area (Å²) in [6, 6.07) is 5.67. The first-order valence-corrected chi connectivity index (χ1v) is 14.9. The maximum absolute atomic E-state index is 13.0. The topological polar surface area (TPSA) is 119 Å². The van der Waals surface area contributed by atoms with E-state index >= 15 is 0 Å². The van der Waals surface area contributed by atoms with Gasteiger partial charge in [0, 0.05) is 18.7 Å². The summed E-state index contributed by atoms with van der Waals surface area (Å²) in [6.07, 6.45) is 6.28. The van der Waals surface area contributed by atoms with Gasteiger partial charge in [-0.2, -0.15) is 4.31 Å². The first-order valence-electron chi connectivity index (χ1n) is 12.7. The van der Waals surface area contributed by atoms with Gasteiger partial charge in [-0.05, 0) is 82.2 Å². The van der Waals surface area contributed by atoms with E-state index in [2.05, 4.69) is 5.32 Å². The molecular formula is C26H32N2O7S2. The summed E-state index contributed by atoms with van der Waals surface area (Å²) >= 11 is 0.974.